The predicted molar refractivity (Wildman–Crippen MR) is 97.6 cm³/mol. The Kier molecular flexibility index (Phi) is 6.85. The summed E-state index contributed by atoms with van der Waals surface area (Å²) >= 11 is 2.87. The number of aromatic nitrogens is 2. The predicted octanol–water partition coefficient (Wildman–Crippen LogP) is 3.99. The van der Waals surface area contributed by atoms with Crippen LogP contribution in [0.4, 0.5) is 10.8 Å². The molecule has 7 heteroatoms. The van der Waals surface area contributed by atoms with Gasteiger partial charge < -0.3 is 10.6 Å². The Hall–Kier alpha value is -1.60. The summed E-state index contributed by atoms with van der Waals surface area (Å²) in [7, 11) is 0. The zero-order chi connectivity index (χ0) is 16.7. The maximum atomic E-state index is 11.8. The second-order valence-electron chi connectivity index (χ2n) is 5.41. The molecule has 1 aromatic carbocycles. The minimum absolute atomic E-state index is 0.0411. The van der Waals surface area contributed by atoms with Crippen LogP contribution in [0.15, 0.2) is 28.6 Å². The van der Waals surface area contributed by atoms with Crippen LogP contribution in [-0.4, -0.2) is 27.9 Å². The van der Waals surface area contributed by atoms with Crippen LogP contribution < -0.4 is 10.6 Å². The van der Waals surface area contributed by atoms with E-state index >= 15 is 0 Å². The second-order valence-corrected chi connectivity index (χ2v) is 7.61. The normalized spacial score (nSPS) is 12.0. The van der Waals surface area contributed by atoms with Crippen LogP contribution in [0, 0.1) is 6.92 Å². The van der Waals surface area contributed by atoms with Gasteiger partial charge in [-0.15, -0.1) is 10.2 Å². The van der Waals surface area contributed by atoms with Crippen LogP contribution in [-0.2, 0) is 4.79 Å². The van der Waals surface area contributed by atoms with E-state index in [0.717, 1.165) is 28.0 Å². The van der Waals surface area contributed by atoms with Crippen molar-refractivity contribution < 1.29 is 4.79 Å². The van der Waals surface area contributed by atoms with Crippen LogP contribution >= 0.6 is 23.1 Å². The summed E-state index contributed by atoms with van der Waals surface area (Å²) in [5.41, 5.74) is 2.18. The van der Waals surface area contributed by atoms with Crippen LogP contribution in [0.5, 0.6) is 0 Å². The molecule has 2 N–H and O–H groups in total. The number of nitrogens with zero attached hydrogens (tertiary/aromatic N) is 2. The standard InChI is InChI=1S/C16H22N4OS2/c1-4-6-12(3)17-14(21)10-22-16-20-19-15(23-16)18-13-8-5-7-11(2)9-13/h5,7-9,12H,4,6,10H2,1-3H3,(H,17,21)(H,18,19)/t12-/m1/s1. The molecular weight excluding hydrogens is 328 g/mol. The first-order valence-corrected chi connectivity index (χ1v) is 9.46. The molecule has 2 rings (SSSR count). The van der Waals surface area contributed by atoms with E-state index in [1.807, 2.05) is 32.0 Å². The van der Waals surface area contributed by atoms with Gasteiger partial charge >= 0.3 is 0 Å². The molecule has 1 amide bonds. The number of hydrogen-bond acceptors (Lipinski definition) is 6. The fraction of sp³-hybridized carbons (Fsp3) is 0.438. The van der Waals surface area contributed by atoms with E-state index in [-0.39, 0.29) is 11.9 Å². The number of carbonyl (C=O) groups excluding carboxylic acids is 1. The third-order valence-electron chi connectivity index (χ3n) is 3.13. The van der Waals surface area contributed by atoms with Gasteiger partial charge in [-0.05, 0) is 38.0 Å². The molecule has 1 atom stereocenters. The molecule has 1 heterocycles. The molecule has 1 aromatic heterocycles. The van der Waals surface area contributed by atoms with E-state index in [2.05, 4.69) is 33.8 Å². The molecule has 0 saturated heterocycles. The number of anilines is 2. The smallest absolute Gasteiger partial charge is 0.230 e. The Bertz CT molecular complexity index is 645. The van der Waals surface area contributed by atoms with Crippen molar-refractivity contribution in [3.63, 3.8) is 0 Å². The van der Waals surface area contributed by atoms with Crippen molar-refractivity contribution in [3.8, 4) is 0 Å². The lowest BCUT2D eigenvalue weighted by Crippen LogP contribution is -2.33. The van der Waals surface area contributed by atoms with Gasteiger partial charge in [-0.25, -0.2) is 0 Å². The van der Waals surface area contributed by atoms with E-state index in [9.17, 15) is 4.79 Å². The highest BCUT2D eigenvalue weighted by Crippen LogP contribution is 2.27. The molecule has 0 fully saturated rings. The van der Waals surface area contributed by atoms with Crippen LogP contribution in [0.1, 0.15) is 32.3 Å². The van der Waals surface area contributed by atoms with E-state index in [0.29, 0.717) is 5.75 Å². The first-order chi connectivity index (χ1) is 11.1. The highest BCUT2D eigenvalue weighted by atomic mass is 32.2. The number of aryl methyl sites for hydroxylation is 1. The summed E-state index contributed by atoms with van der Waals surface area (Å²) in [6.07, 6.45) is 2.07. The SMILES string of the molecule is CCC[C@@H](C)NC(=O)CSc1nnc(Nc2cccc(C)c2)s1. The lowest BCUT2D eigenvalue weighted by molar-refractivity contribution is -0.119. The summed E-state index contributed by atoms with van der Waals surface area (Å²) < 4.78 is 0.790. The van der Waals surface area contributed by atoms with Crippen molar-refractivity contribution >= 4 is 39.8 Å². The minimum Gasteiger partial charge on any atom is -0.353 e. The summed E-state index contributed by atoms with van der Waals surface area (Å²) in [6, 6.07) is 8.31. The quantitative estimate of drug-likeness (QED) is 0.705. The second kappa shape index (κ2) is 8.88. The molecule has 0 aliphatic rings. The molecular formula is C16H22N4OS2. The Labute approximate surface area is 145 Å². The maximum Gasteiger partial charge on any atom is 0.230 e. The van der Waals surface area contributed by atoms with Crippen LogP contribution in [0.2, 0.25) is 0 Å². The number of carbonyl (C=O) groups is 1. The first-order valence-electron chi connectivity index (χ1n) is 7.66. The molecule has 0 spiro atoms. The average Bonchev–Trinajstić information content (AvgIpc) is 2.93. The van der Waals surface area contributed by atoms with Gasteiger partial charge in [0.2, 0.25) is 11.0 Å². The van der Waals surface area contributed by atoms with Crippen molar-refractivity contribution in [1.29, 1.82) is 0 Å². The van der Waals surface area contributed by atoms with Gasteiger partial charge in [-0.1, -0.05) is 48.6 Å². The molecule has 0 aliphatic heterocycles. The van der Waals surface area contributed by atoms with Crippen molar-refractivity contribution in [2.45, 2.75) is 44.0 Å². The Morgan fingerprint density at radius 1 is 1.39 bits per heavy atom. The van der Waals surface area contributed by atoms with Gasteiger partial charge in [0.1, 0.15) is 0 Å². The zero-order valence-corrected chi connectivity index (χ0v) is 15.3. The number of benzene rings is 1. The van der Waals surface area contributed by atoms with E-state index in [1.54, 1.807) is 0 Å². The topological polar surface area (TPSA) is 66.9 Å². The van der Waals surface area contributed by atoms with Crippen molar-refractivity contribution in [2.75, 3.05) is 11.1 Å². The Morgan fingerprint density at radius 2 is 2.22 bits per heavy atom. The number of rotatable bonds is 8. The summed E-state index contributed by atoms with van der Waals surface area (Å²) in [6.45, 7) is 6.19. The van der Waals surface area contributed by atoms with E-state index < -0.39 is 0 Å². The van der Waals surface area contributed by atoms with Gasteiger partial charge in [0.25, 0.3) is 0 Å². The van der Waals surface area contributed by atoms with Gasteiger partial charge in [0, 0.05) is 11.7 Å². The first kappa shape index (κ1) is 17.7. The summed E-state index contributed by atoms with van der Waals surface area (Å²) in [4.78, 5) is 11.8. The monoisotopic (exact) mass is 350 g/mol. The molecule has 124 valence electrons. The molecule has 5 nitrogen and oxygen atoms in total. The number of hydrogen-bond donors (Lipinski definition) is 2. The number of nitrogens with one attached hydrogen (secondary N) is 2. The van der Waals surface area contributed by atoms with E-state index in [1.165, 1.54) is 28.7 Å². The summed E-state index contributed by atoms with van der Waals surface area (Å²) in [5, 5.41) is 15.2. The Morgan fingerprint density at radius 3 is 2.96 bits per heavy atom. The van der Waals surface area contributed by atoms with Gasteiger partial charge in [-0.3, -0.25) is 4.79 Å². The molecule has 0 bridgehead atoms. The molecule has 0 aliphatic carbocycles. The lowest BCUT2D eigenvalue weighted by atomic mass is 10.2. The number of thioether (sulfide) groups is 1. The average molecular weight is 351 g/mol. The molecule has 0 radical (unpaired) electrons. The molecule has 0 saturated carbocycles. The zero-order valence-electron chi connectivity index (χ0n) is 13.6. The highest BCUT2D eigenvalue weighted by molar-refractivity contribution is 8.01. The minimum atomic E-state index is 0.0411. The van der Waals surface area contributed by atoms with Gasteiger partial charge in [-0.2, -0.15) is 0 Å². The molecule has 23 heavy (non-hydrogen) atoms. The number of amides is 1. The van der Waals surface area contributed by atoms with Gasteiger partial charge in [0.15, 0.2) is 4.34 Å². The fourth-order valence-corrected chi connectivity index (χ4v) is 3.70. The lowest BCUT2D eigenvalue weighted by Gasteiger charge is -2.11. The van der Waals surface area contributed by atoms with Crippen molar-refractivity contribution in [3.05, 3.63) is 29.8 Å². The molecule has 0 unspecified atom stereocenters. The van der Waals surface area contributed by atoms with Crippen LogP contribution in [0.3, 0.4) is 0 Å². The maximum absolute atomic E-state index is 11.8. The van der Waals surface area contributed by atoms with Crippen LogP contribution in [0.25, 0.3) is 0 Å². The van der Waals surface area contributed by atoms with E-state index in [4.69, 9.17) is 0 Å². The Balaban J connectivity index is 1.82. The highest BCUT2D eigenvalue weighted by Gasteiger charge is 2.10. The van der Waals surface area contributed by atoms with Crippen molar-refractivity contribution in [2.24, 2.45) is 0 Å². The van der Waals surface area contributed by atoms with Crippen molar-refractivity contribution in [1.82, 2.24) is 15.5 Å². The fourth-order valence-electron chi connectivity index (χ4n) is 2.11. The summed E-state index contributed by atoms with van der Waals surface area (Å²) in [5.74, 6) is 0.409. The third kappa shape index (κ3) is 6.19. The molecule has 2 aromatic rings. The largest absolute Gasteiger partial charge is 0.353 e. The third-order valence-corrected chi connectivity index (χ3v) is 5.10. The van der Waals surface area contributed by atoms with Gasteiger partial charge in [0.05, 0.1) is 5.75 Å².